The summed E-state index contributed by atoms with van der Waals surface area (Å²) in [4.78, 5) is 7.94. The molecule has 0 unspecified atom stereocenters. The molecule has 0 radical (unpaired) electrons. The van der Waals surface area contributed by atoms with Gasteiger partial charge in [-0.3, -0.25) is 0 Å². The van der Waals surface area contributed by atoms with Crippen LogP contribution >= 0.6 is 39.1 Å². The molecule has 0 aliphatic carbocycles. The second-order valence-corrected chi connectivity index (χ2v) is 5.50. The molecule has 0 saturated heterocycles. The quantitative estimate of drug-likeness (QED) is 0.801. The predicted octanol–water partition coefficient (Wildman–Crippen LogP) is 4.41. The van der Waals surface area contributed by atoms with Crippen molar-refractivity contribution in [2.24, 2.45) is 0 Å². The number of nitrogens with zero attached hydrogens (tertiary/aromatic N) is 2. The fraction of sp³-hybridized carbons (Fsp3) is 0.167. The average molecular weight is 381 g/mol. The summed E-state index contributed by atoms with van der Waals surface area (Å²) in [6.07, 6.45) is 0.797. The van der Waals surface area contributed by atoms with Crippen LogP contribution in [0, 0.1) is 5.82 Å². The molecule has 8 heteroatoms. The Bertz CT molecular complexity index is 657. The largest absolute Gasteiger partial charge is 0.467 e. The molecule has 1 aromatic heterocycles. The van der Waals surface area contributed by atoms with Gasteiger partial charge in [-0.1, -0.05) is 23.2 Å². The van der Waals surface area contributed by atoms with E-state index in [1.807, 2.05) is 0 Å². The van der Waals surface area contributed by atoms with Gasteiger partial charge in [-0.25, -0.2) is 14.4 Å². The van der Waals surface area contributed by atoms with Crippen molar-refractivity contribution in [3.8, 4) is 5.88 Å². The Morgan fingerprint density at radius 2 is 2.10 bits per heavy atom. The predicted molar refractivity (Wildman–Crippen MR) is 79.6 cm³/mol. The summed E-state index contributed by atoms with van der Waals surface area (Å²) in [6.45, 7) is 1.66. The molecule has 0 saturated carbocycles. The second-order valence-electron chi connectivity index (χ2n) is 3.90. The van der Waals surface area contributed by atoms with Crippen molar-refractivity contribution < 1.29 is 9.13 Å². The number of aromatic nitrogens is 2. The molecule has 1 heterocycles. The Morgan fingerprint density at radius 1 is 1.40 bits per heavy atom. The topological polar surface area (TPSA) is 61.0 Å². The van der Waals surface area contributed by atoms with Gasteiger partial charge in [0.1, 0.15) is 16.5 Å². The fourth-order valence-electron chi connectivity index (χ4n) is 1.59. The van der Waals surface area contributed by atoms with Gasteiger partial charge in [0.05, 0.1) is 11.2 Å². The molecule has 1 atom stereocenters. The van der Waals surface area contributed by atoms with E-state index in [0.717, 1.165) is 0 Å². The van der Waals surface area contributed by atoms with Gasteiger partial charge in [-0.2, -0.15) is 0 Å². The molecule has 0 fully saturated rings. The zero-order valence-corrected chi connectivity index (χ0v) is 13.3. The zero-order chi connectivity index (χ0) is 14.9. The molecule has 0 spiro atoms. The minimum absolute atomic E-state index is 0.0912. The third kappa shape index (κ3) is 3.13. The molecule has 2 aromatic rings. The number of hydrogen-bond donors (Lipinski definition) is 1. The number of rotatable bonds is 3. The van der Waals surface area contributed by atoms with Crippen LogP contribution in [-0.2, 0) is 0 Å². The zero-order valence-electron chi connectivity index (χ0n) is 10.2. The van der Waals surface area contributed by atoms with Crippen molar-refractivity contribution in [2.75, 3.05) is 5.73 Å². The molecule has 2 N–H and O–H groups in total. The third-order valence-corrected chi connectivity index (χ3v) is 3.61. The second kappa shape index (κ2) is 6.11. The highest BCUT2D eigenvalue weighted by Gasteiger charge is 2.20. The first-order valence-corrected chi connectivity index (χ1v) is 7.03. The summed E-state index contributed by atoms with van der Waals surface area (Å²) in [7, 11) is 0. The molecule has 20 heavy (non-hydrogen) atoms. The molecule has 106 valence electrons. The molecule has 0 amide bonds. The first-order chi connectivity index (χ1) is 9.40. The monoisotopic (exact) mass is 379 g/mol. The molecule has 4 nitrogen and oxygen atoms in total. The summed E-state index contributed by atoms with van der Waals surface area (Å²) in [5.74, 6) is -0.346. The van der Waals surface area contributed by atoms with Gasteiger partial charge >= 0.3 is 0 Å². The highest BCUT2D eigenvalue weighted by molar-refractivity contribution is 9.10. The van der Waals surface area contributed by atoms with E-state index in [0.29, 0.717) is 15.2 Å². The Morgan fingerprint density at radius 3 is 2.80 bits per heavy atom. The van der Waals surface area contributed by atoms with Crippen LogP contribution in [0.15, 0.2) is 22.9 Å². The maximum Gasteiger partial charge on any atom is 0.258 e. The Hall–Kier alpha value is -1.11. The fourth-order valence-corrected chi connectivity index (χ4v) is 2.53. The van der Waals surface area contributed by atoms with Crippen LogP contribution in [0.25, 0.3) is 0 Å². The van der Waals surface area contributed by atoms with E-state index in [2.05, 4.69) is 25.9 Å². The first-order valence-electron chi connectivity index (χ1n) is 5.48. The Balaban J connectivity index is 2.35. The minimum Gasteiger partial charge on any atom is -0.467 e. The van der Waals surface area contributed by atoms with Crippen molar-refractivity contribution in [1.82, 2.24) is 9.97 Å². The van der Waals surface area contributed by atoms with Crippen LogP contribution in [0.5, 0.6) is 5.88 Å². The van der Waals surface area contributed by atoms with Gasteiger partial charge < -0.3 is 10.5 Å². The number of hydrogen-bond acceptors (Lipinski definition) is 4. The molecular formula is C12H9BrCl2FN3O. The van der Waals surface area contributed by atoms with Gasteiger partial charge in [0.2, 0.25) is 0 Å². The number of anilines is 1. The highest BCUT2D eigenvalue weighted by Crippen LogP contribution is 2.35. The van der Waals surface area contributed by atoms with Crippen molar-refractivity contribution in [3.63, 3.8) is 0 Å². The minimum atomic E-state index is -0.642. The average Bonchev–Trinajstić information content (AvgIpc) is 2.39. The Kier molecular flexibility index (Phi) is 4.67. The van der Waals surface area contributed by atoms with Crippen molar-refractivity contribution in [1.29, 1.82) is 0 Å². The summed E-state index contributed by atoms with van der Waals surface area (Å²) in [5.41, 5.74) is 5.99. The summed E-state index contributed by atoms with van der Waals surface area (Å²) < 4.78 is 19.5. The molecule has 0 bridgehead atoms. The number of benzene rings is 1. The van der Waals surface area contributed by atoms with Gasteiger partial charge in [-0.15, -0.1) is 0 Å². The number of ether oxygens (including phenoxy) is 1. The van der Waals surface area contributed by atoms with Crippen LogP contribution in [0.2, 0.25) is 10.0 Å². The maximum absolute atomic E-state index is 13.5. The molecule has 0 aliphatic heterocycles. The van der Waals surface area contributed by atoms with Crippen LogP contribution in [-0.4, -0.2) is 9.97 Å². The highest BCUT2D eigenvalue weighted by atomic mass is 79.9. The van der Waals surface area contributed by atoms with E-state index >= 15 is 0 Å². The van der Waals surface area contributed by atoms with Crippen LogP contribution in [0.4, 0.5) is 10.2 Å². The van der Waals surface area contributed by atoms with E-state index in [4.69, 9.17) is 33.7 Å². The third-order valence-electron chi connectivity index (χ3n) is 2.51. The van der Waals surface area contributed by atoms with Crippen LogP contribution in [0.3, 0.4) is 0 Å². The van der Waals surface area contributed by atoms with E-state index in [1.54, 1.807) is 6.92 Å². The molecule has 0 aliphatic rings. The van der Waals surface area contributed by atoms with Crippen molar-refractivity contribution in [3.05, 3.63) is 44.4 Å². The summed E-state index contributed by atoms with van der Waals surface area (Å²) in [6, 6.07) is 2.60. The lowest BCUT2D eigenvalue weighted by Gasteiger charge is -2.18. The number of nitrogens with two attached hydrogens (primary N) is 1. The van der Waals surface area contributed by atoms with Gasteiger partial charge in [0.25, 0.3) is 5.88 Å². The van der Waals surface area contributed by atoms with E-state index < -0.39 is 11.9 Å². The number of halogens is 4. The van der Waals surface area contributed by atoms with Gasteiger partial charge in [-0.05, 0) is 35.0 Å². The normalized spacial score (nSPS) is 12.2. The van der Waals surface area contributed by atoms with Crippen LogP contribution in [0.1, 0.15) is 18.6 Å². The standard InChI is InChI=1S/C12H9BrCl2FN3O/c1-5(9-6(14)2-3-7(16)10(9)15)20-12-11(17)18-4-8(13)19-12/h2-5H,1H3,(H2,17,18)/t5-/m1/s1. The molecular weight excluding hydrogens is 372 g/mol. The lowest BCUT2D eigenvalue weighted by atomic mass is 10.1. The smallest absolute Gasteiger partial charge is 0.258 e. The summed E-state index contributed by atoms with van der Waals surface area (Å²) >= 11 is 15.1. The number of nitrogen functional groups attached to an aromatic ring is 1. The molecule has 2 rings (SSSR count). The van der Waals surface area contributed by atoms with E-state index in [-0.39, 0.29) is 16.7 Å². The SMILES string of the molecule is C[C@@H](Oc1nc(Br)cnc1N)c1c(Cl)ccc(F)c1Cl. The van der Waals surface area contributed by atoms with Gasteiger partial charge in [0, 0.05) is 10.6 Å². The first kappa shape index (κ1) is 15.3. The van der Waals surface area contributed by atoms with E-state index in [9.17, 15) is 4.39 Å². The maximum atomic E-state index is 13.5. The lowest BCUT2D eigenvalue weighted by molar-refractivity contribution is 0.217. The van der Waals surface area contributed by atoms with E-state index in [1.165, 1.54) is 18.3 Å². The van der Waals surface area contributed by atoms with Crippen molar-refractivity contribution >= 4 is 44.9 Å². The molecule has 1 aromatic carbocycles. The summed E-state index contributed by atoms with van der Waals surface area (Å²) in [5, 5.41) is 0.206. The van der Waals surface area contributed by atoms with Crippen LogP contribution < -0.4 is 10.5 Å². The Labute approximate surface area is 133 Å². The van der Waals surface area contributed by atoms with Crippen molar-refractivity contribution in [2.45, 2.75) is 13.0 Å². The lowest BCUT2D eigenvalue weighted by Crippen LogP contribution is -2.09. The van der Waals surface area contributed by atoms with Gasteiger partial charge in [0.15, 0.2) is 5.82 Å².